The van der Waals surface area contributed by atoms with Gasteiger partial charge in [-0.3, -0.25) is 4.72 Å². The quantitative estimate of drug-likeness (QED) is 0.868. The van der Waals surface area contributed by atoms with Gasteiger partial charge in [0.05, 0.1) is 22.4 Å². The molecule has 0 atom stereocenters. The van der Waals surface area contributed by atoms with Crippen molar-refractivity contribution in [3.63, 3.8) is 0 Å². The monoisotopic (exact) mass is 381 g/mol. The lowest BCUT2D eigenvalue weighted by molar-refractivity contribution is 0.555. The topological polar surface area (TPSA) is 80.3 Å². The summed E-state index contributed by atoms with van der Waals surface area (Å²) in [6.07, 6.45) is 0.315. The van der Waals surface area contributed by atoms with Gasteiger partial charge in [-0.05, 0) is 37.5 Å². The molecule has 0 spiro atoms. The summed E-state index contributed by atoms with van der Waals surface area (Å²) in [4.78, 5) is 0. The van der Waals surface area contributed by atoms with E-state index in [0.29, 0.717) is 5.69 Å². The lowest BCUT2D eigenvalue weighted by Gasteiger charge is -2.23. The van der Waals surface area contributed by atoms with Crippen LogP contribution in [0.5, 0.6) is 0 Å². The maximum absolute atomic E-state index is 12.3. The normalized spacial score (nSPS) is 19.7. The van der Waals surface area contributed by atoms with Crippen molar-refractivity contribution in [1.29, 1.82) is 0 Å². The molecule has 0 amide bonds. The molecule has 1 fully saturated rings. The zero-order valence-corrected chi connectivity index (χ0v) is 14.2. The molecule has 112 valence electrons. The molecule has 20 heavy (non-hydrogen) atoms. The van der Waals surface area contributed by atoms with Gasteiger partial charge in [0.2, 0.25) is 10.0 Å². The number of aryl methyl sites for hydroxylation is 1. The van der Waals surface area contributed by atoms with Gasteiger partial charge in [0.15, 0.2) is 0 Å². The van der Waals surface area contributed by atoms with E-state index < -0.39 is 25.1 Å². The minimum absolute atomic E-state index is 0.0595. The van der Waals surface area contributed by atoms with E-state index in [-0.39, 0.29) is 24.3 Å². The first-order chi connectivity index (χ1) is 9.20. The highest BCUT2D eigenvalue weighted by atomic mass is 79.9. The number of hydrogen-bond acceptors (Lipinski definition) is 4. The third-order valence-corrected chi connectivity index (χ3v) is 7.45. The second kappa shape index (κ2) is 5.65. The van der Waals surface area contributed by atoms with Gasteiger partial charge >= 0.3 is 0 Å². The number of sulfone groups is 1. The van der Waals surface area contributed by atoms with Crippen molar-refractivity contribution in [1.82, 2.24) is 0 Å². The van der Waals surface area contributed by atoms with Gasteiger partial charge < -0.3 is 0 Å². The average molecular weight is 382 g/mol. The fourth-order valence-electron chi connectivity index (χ4n) is 2.12. The molecule has 0 aromatic heterocycles. The zero-order chi connectivity index (χ0) is 15.0. The highest BCUT2D eigenvalue weighted by Gasteiger charge is 2.32. The Hall–Kier alpha value is -0.600. The zero-order valence-electron chi connectivity index (χ0n) is 11.0. The van der Waals surface area contributed by atoms with Gasteiger partial charge in [-0.25, -0.2) is 16.8 Å². The molecule has 0 radical (unpaired) electrons. The third-order valence-electron chi connectivity index (χ3n) is 3.39. The second-order valence-electron chi connectivity index (χ2n) is 4.96. The third kappa shape index (κ3) is 3.73. The molecule has 8 heteroatoms. The summed E-state index contributed by atoms with van der Waals surface area (Å²) in [5.74, 6) is -0.119. The summed E-state index contributed by atoms with van der Waals surface area (Å²) in [5, 5.41) is -0.649. The fraction of sp³-hybridized carbons (Fsp3) is 0.500. The largest absolute Gasteiger partial charge is 0.283 e. The van der Waals surface area contributed by atoms with E-state index >= 15 is 0 Å². The van der Waals surface area contributed by atoms with E-state index in [1.165, 1.54) is 0 Å². The van der Waals surface area contributed by atoms with Gasteiger partial charge in [-0.1, -0.05) is 22.0 Å². The van der Waals surface area contributed by atoms with Crippen molar-refractivity contribution >= 4 is 41.5 Å². The van der Waals surface area contributed by atoms with Crippen LogP contribution < -0.4 is 4.72 Å². The summed E-state index contributed by atoms with van der Waals surface area (Å²) < 4.78 is 50.7. The van der Waals surface area contributed by atoms with E-state index in [0.717, 1.165) is 10.0 Å². The van der Waals surface area contributed by atoms with E-state index in [2.05, 4.69) is 20.7 Å². The predicted octanol–water partition coefficient (Wildman–Crippen LogP) is 2.08. The molecule has 5 nitrogen and oxygen atoms in total. The van der Waals surface area contributed by atoms with Crippen molar-refractivity contribution in [3.05, 3.63) is 28.2 Å². The number of sulfonamides is 1. The highest BCUT2D eigenvalue weighted by molar-refractivity contribution is 9.10. The molecule has 1 aliphatic rings. The van der Waals surface area contributed by atoms with Crippen LogP contribution in [0.15, 0.2) is 22.7 Å². The summed E-state index contributed by atoms with van der Waals surface area (Å²) >= 11 is 3.30. The smallest absolute Gasteiger partial charge is 0.235 e. The fourth-order valence-corrected chi connectivity index (χ4v) is 5.82. The molecule has 1 saturated heterocycles. The van der Waals surface area contributed by atoms with Crippen molar-refractivity contribution < 1.29 is 16.8 Å². The molecule has 1 N–H and O–H groups in total. The van der Waals surface area contributed by atoms with Gasteiger partial charge in [0.1, 0.15) is 9.84 Å². The minimum Gasteiger partial charge on any atom is -0.283 e. The first kappa shape index (κ1) is 15.8. The molecule has 1 aromatic carbocycles. The Kier molecular flexibility index (Phi) is 4.46. The lowest BCUT2D eigenvalue weighted by atomic mass is 10.2. The first-order valence-corrected chi connectivity index (χ1v) is 10.3. The summed E-state index contributed by atoms with van der Waals surface area (Å²) in [6, 6.07) is 5.35. The summed E-state index contributed by atoms with van der Waals surface area (Å²) in [5.41, 5.74) is 1.34. The molecule has 0 bridgehead atoms. The van der Waals surface area contributed by atoms with Crippen molar-refractivity contribution in [2.75, 3.05) is 16.2 Å². The van der Waals surface area contributed by atoms with Gasteiger partial charge in [-0.2, -0.15) is 0 Å². The standard InChI is InChI=1S/C12H16BrNO4S2/c1-9-2-3-10(13)8-12(9)14-20(17,18)11-4-6-19(15,16)7-5-11/h2-3,8,11,14H,4-7H2,1H3. The van der Waals surface area contributed by atoms with Crippen LogP contribution in [-0.4, -0.2) is 33.6 Å². The van der Waals surface area contributed by atoms with E-state index in [9.17, 15) is 16.8 Å². The van der Waals surface area contributed by atoms with Crippen LogP contribution in [0.25, 0.3) is 0 Å². The van der Waals surface area contributed by atoms with Gasteiger partial charge in [0.25, 0.3) is 0 Å². The van der Waals surface area contributed by atoms with Crippen LogP contribution in [0.1, 0.15) is 18.4 Å². The van der Waals surface area contributed by atoms with Crippen LogP contribution in [0.2, 0.25) is 0 Å². The van der Waals surface area contributed by atoms with E-state index in [1.54, 1.807) is 6.07 Å². The van der Waals surface area contributed by atoms with Gasteiger partial charge in [-0.15, -0.1) is 0 Å². The maximum Gasteiger partial charge on any atom is 0.235 e. The molecule has 0 saturated carbocycles. The Morgan fingerprint density at radius 3 is 2.45 bits per heavy atom. The molecule has 1 heterocycles. The Balaban J connectivity index is 2.18. The van der Waals surface area contributed by atoms with Crippen LogP contribution in [-0.2, 0) is 19.9 Å². The number of nitrogens with one attached hydrogen (secondary N) is 1. The maximum atomic E-state index is 12.3. The van der Waals surface area contributed by atoms with Crippen molar-refractivity contribution in [2.45, 2.75) is 25.0 Å². The predicted molar refractivity (Wildman–Crippen MR) is 83.1 cm³/mol. The molecule has 0 unspecified atom stereocenters. The summed E-state index contributed by atoms with van der Waals surface area (Å²) in [7, 11) is -6.62. The van der Waals surface area contributed by atoms with Crippen molar-refractivity contribution in [3.8, 4) is 0 Å². The van der Waals surface area contributed by atoms with Gasteiger partial charge in [0, 0.05) is 4.47 Å². The minimum atomic E-state index is -3.56. The summed E-state index contributed by atoms with van der Waals surface area (Å²) in [6.45, 7) is 1.82. The molecule has 1 aromatic rings. The van der Waals surface area contributed by atoms with E-state index in [4.69, 9.17) is 0 Å². The van der Waals surface area contributed by atoms with Crippen LogP contribution >= 0.6 is 15.9 Å². The molecule has 2 rings (SSSR count). The van der Waals surface area contributed by atoms with Crippen molar-refractivity contribution in [2.24, 2.45) is 0 Å². The Morgan fingerprint density at radius 2 is 1.85 bits per heavy atom. The van der Waals surface area contributed by atoms with E-state index in [1.807, 2.05) is 19.1 Å². The van der Waals surface area contributed by atoms with Crippen LogP contribution in [0.3, 0.4) is 0 Å². The first-order valence-electron chi connectivity index (χ1n) is 6.18. The Bertz CT molecular complexity index is 699. The second-order valence-corrected chi connectivity index (χ2v) is 10.1. The lowest BCUT2D eigenvalue weighted by Crippen LogP contribution is -2.36. The molecular formula is C12H16BrNO4S2. The number of rotatable bonds is 3. The van der Waals surface area contributed by atoms with Crippen LogP contribution in [0, 0.1) is 6.92 Å². The Morgan fingerprint density at radius 1 is 1.25 bits per heavy atom. The van der Waals surface area contributed by atoms with Crippen LogP contribution in [0.4, 0.5) is 5.69 Å². The number of anilines is 1. The molecule has 0 aliphatic carbocycles. The number of halogens is 1. The average Bonchev–Trinajstić information content (AvgIpc) is 2.33. The Labute approximate surface area is 127 Å². The SMILES string of the molecule is Cc1ccc(Br)cc1NS(=O)(=O)C1CCS(=O)(=O)CC1. The number of benzene rings is 1. The molecular weight excluding hydrogens is 366 g/mol. The molecule has 1 aliphatic heterocycles. The number of hydrogen-bond donors (Lipinski definition) is 1. The highest BCUT2D eigenvalue weighted by Crippen LogP contribution is 2.25.